The lowest BCUT2D eigenvalue weighted by atomic mass is 10.2. The summed E-state index contributed by atoms with van der Waals surface area (Å²) in [7, 11) is 0. The predicted molar refractivity (Wildman–Crippen MR) is 62.6 cm³/mol. The summed E-state index contributed by atoms with van der Waals surface area (Å²) in [4.78, 5) is 2.61. The van der Waals surface area contributed by atoms with E-state index in [1.165, 1.54) is 38.9 Å². The molecule has 0 aromatic rings. The van der Waals surface area contributed by atoms with Crippen molar-refractivity contribution in [2.75, 3.05) is 26.2 Å². The van der Waals surface area contributed by atoms with Crippen molar-refractivity contribution in [1.82, 2.24) is 10.2 Å². The van der Waals surface area contributed by atoms with Gasteiger partial charge in [0.25, 0.3) is 0 Å². The van der Waals surface area contributed by atoms with E-state index >= 15 is 0 Å². The van der Waals surface area contributed by atoms with Crippen LogP contribution in [0, 0.1) is 5.92 Å². The van der Waals surface area contributed by atoms with Gasteiger partial charge in [-0.1, -0.05) is 20.8 Å². The third kappa shape index (κ3) is 4.43. The summed E-state index contributed by atoms with van der Waals surface area (Å²) in [5.74, 6) is 1.02. The number of hydrogen-bond acceptors (Lipinski definition) is 2. The smallest absolute Gasteiger partial charge is 0.0192 e. The largest absolute Gasteiger partial charge is 0.313 e. The van der Waals surface area contributed by atoms with Crippen LogP contribution in [0.4, 0.5) is 0 Å². The first-order valence-electron chi connectivity index (χ1n) is 6.25. The molecular weight excluding hydrogens is 172 g/mol. The predicted octanol–water partition coefficient (Wildman–Crippen LogP) is 2.11. The van der Waals surface area contributed by atoms with Crippen LogP contribution in [-0.4, -0.2) is 37.1 Å². The second kappa shape index (κ2) is 6.41. The van der Waals surface area contributed by atoms with Crippen molar-refractivity contribution < 1.29 is 0 Å². The van der Waals surface area contributed by atoms with E-state index in [2.05, 4.69) is 31.0 Å². The van der Waals surface area contributed by atoms with Crippen LogP contribution in [0.15, 0.2) is 0 Å². The maximum Gasteiger partial charge on any atom is 0.0192 e. The molecule has 0 radical (unpaired) electrons. The maximum atomic E-state index is 3.55. The van der Waals surface area contributed by atoms with E-state index in [4.69, 9.17) is 0 Å². The molecule has 0 amide bonds. The Morgan fingerprint density at radius 1 is 1.29 bits per heavy atom. The molecular formula is C12H26N2. The van der Waals surface area contributed by atoms with Crippen molar-refractivity contribution in [2.45, 2.75) is 46.1 Å². The van der Waals surface area contributed by atoms with Crippen molar-refractivity contribution >= 4 is 0 Å². The van der Waals surface area contributed by atoms with Crippen molar-refractivity contribution in [2.24, 2.45) is 5.92 Å². The van der Waals surface area contributed by atoms with Crippen LogP contribution < -0.4 is 5.32 Å². The van der Waals surface area contributed by atoms with Crippen LogP contribution >= 0.6 is 0 Å². The van der Waals surface area contributed by atoms with Gasteiger partial charge in [0.1, 0.15) is 0 Å². The first-order valence-corrected chi connectivity index (χ1v) is 6.25. The third-order valence-electron chi connectivity index (χ3n) is 3.12. The normalized spacial score (nSPS) is 18.9. The van der Waals surface area contributed by atoms with Crippen LogP contribution in [0.25, 0.3) is 0 Å². The lowest BCUT2D eigenvalue weighted by Gasteiger charge is -2.26. The Hall–Kier alpha value is -0.0800. The lowest BCUT2D eigenvalue weighted by Crippen LogP contribution is -2.41. The molecule has 1 saturated carbocycles. The molecule has 0 saturated heterocycles. The number of hydrogen-bond donors (Lipinski definition) is 1. The van der Waals surface area contributed by atoms with Gasteiger partial charge in [-0.05, 0) is 38.3 Å². The molecule has 0 spiro atoms. The minimum atomic E-state index is 0.693. The van der Waals surface area contributed by atoms with E-state index in [-0.39, 0.29) is 0 Å². The molecule has 0 bridgehead atoms. The Bertz CT molecular complexity index is 143. The van der Waals surface area contributed by atoms with Gasteiger partial charge in [0, 0.05) is 19.1 Å². The van der Waals surface area contributed by atoms with E-state index in [0.29, 0.717) is 6.04 Å². The monoisotopic (exact) mass is 198 g/mol. The van der Waals surface area contributed by atoms with Gasteiger partial charge in [-0.2, -0.15) is 0 Å². The average Bonchev–Trinajstić information content (AvgIpc) is 2.99. The van der Waals surface area contributed by atoms with Crippen molar-refractivity contribution in [3.8, 4) is 0 Å². The molecule has 0 aromatic heterocycles. The Balaban J connectivity index is 2.20. The minimum Gasteiger partial charge on any atom is -0.313 e. The Labute approximate surface area is 89.1 Å². The summed E-state index contributed by atoms with van der Waals surface area (Å²) >= 11 is 0. The van der Waals surface area contributed by atoms with Crippen molar-refractivity contribution in [3.05, 3.63) is 0 Å². The molecule has 1 atom stereocenters. The minimum absolute atomic E-state index is 0.693. The molecule has 84 valence electrons. The fourth-order valence-electron chi connectivity index (χ4n) is 1.94. The molecule has 1 fully saturated rings. The zero-order chi connectivity index (χ0) is 10.4. The van der Waals surface area contributed by atoms with E-state index in [0.717, 1.165) is 12.5 Å². The van der Waals surface area contributed by atoms with E-state index in [1.54, 1.807) is 0 Å². The van der Waals surface area contributed by atoms with E-state index < -0.39 is 0 Å². The molecule has 2 heteroatoms. The molecule has 1 N–H and O–H groups in total. The maximum absolute atomic E-state index is 3.55. The van der Waals surface area contributed by atoms with Gasteiger partial charge in [0.05, 0.1) is 0 Å². The quantitative estimate of drug-likeness (QED) is 0.642. The molecule has 1 unspecified atom stereocenters. The summed E-state index contributed by atoms with van der Waals surface area (Å²) in [6, 6.07) is 0.693. The van der Waals surface area contributed by atoms with Crippen LogP contribution in [0.5, 0.6) is 0 Å². The average molecular weight is 198 g/mol. The lowest BCUT2D eigenvalue weighted by molar-refractivity contribution is 0.242. The van der Waals surface area contributed by atoms with Crippen molar-refractivity contribution in [3.63, 3.8) is 0 Å². The van der Waals surface area contributed by atoms with Crippen LogP contribution in [0.2, 0.25) is 0 Å². The fraction of sp³-hybridized carbons (Fsp3) is 1.00. The van der Waals surface area contributed by atoms with E-state index in [1.807, 2.05) is 0 Å². The molecule has 14 heavy (non-hydrogen) atoms. The summed E-state index contributed by atoms with van der Waals surface area (Å²) in [6.07, 6.45) is 4.18. The molecule has 1 rings (SSSR count). The number of nitrogens with one attached hydrogen (secondary N) is 1. The molecule has 0 heterocycles. The Kier molecular flexibility index (Phi) is 5.49. The molecule has 0 aliphatic heterocycles. The summed E-state index contributed by atoms with van der Waals surface area (Å²) in [5.41, 5.74) is 0. The van der Waals surface area contributed by atoms with Gasteiger partial charge < -0.3 is 10.2 Å². The summed E-state index contributed by atoms with van der Waals surface area (Å²) < 4.78 is 0. The first-order chi connectivity index (χ1) is 6.80. The Morgan fingerprint density at radius 2 is 2.00 bits per heavy atom. The Morgan fingerprint density at radius 3 is 2.43 bits per heavy atom. The highest BCUT2D eigenvalue weighted by Gasteiger charge is 2.24. The number of nitrogens with zero attached hydrogens (tertiary/aromatic N) is 1. The molecule has 1 aliphatic carbocycles. The number of rotatable bonds is 8. The van der Waals surface area contributed by atoms with E-state index in [9.17, 15) is 0 Å². The van der Waals surface area contributed by atoms with Crippen LogP contribution in [0.1, 0.15) is 40.0 Å². The summed E-state index contributed by atoms with van der Waals surface area (Å²) in [5, 5.41) is 3.55. The SMILES string of the molecule is CCNC(CC)CN(CC)CC1CC1. The van der Waals surface area contributed by atoms with Crippen LogP contribution in [-0.2, 0) is 0 Å². The summed E-state index contributed by atoms with van der Waals surface area (Å²) in [6.45, 7) is 11.6. The van der Waals surface area contributed by atoms with Gasteiger partial charge in [-0.25, -0.2) is 0 Å². The van der Waals surface area contributed by atoms with Crippen LogP contribution in [0.3, 0.4) is 0 Å². The highest BCUT2D eigenvalue weighted by atomic mass is 15.1. The molecule has 2 nitrogen and oxygen atoms in total. The van der Waals surface area contributed by atoms with Gasteiger partial charge in [0.2, 0.25) is 0 Å². The van der Waals surface area contributed by atoms with Gasteiger partial charge >= 0.3 is 0 Å². The van der Waals surface area contributed by atoms with Crippen molar-refractivity contribution in [1.29, 1.82) is 0 Å². The highest BCUT2D eigenvalue weighted by molar-refractivity contribution is 4.79. The zero-order valence-corrected chi connectivity index (χ0v) is 10.1. The van der Waals surface area contributed by atoms with Gasteiger partial charge in [-0.15, -0.1) is 0 Å². The zero-order valence-electron chi connectivity index (χ0n) is 10.1. The second-order valence-corrected chi connectivity index (χ2v) is 4.46. The third-order valence-corrected chi connectivity index (χ3v) is 3.12. The second-order valence-electron chi connectivity index (χ2n) is 4.46. The first kappa shape index (κ1) is 12.0. The molecule has 1 aliphatic rings. The molecule has 0 aromatic carbocycles. The highest BCUT2D eigenvalue weighted by Crippen LogP contribution is 2.29. The fourth-order valence-corrected chi connectivity index (χ4v) is 1.94. The van der Waals surface area contributed by atoms with Gasteiger partial charge in [0.15, 0.2) is 0 Å². The standard InChI is InChI=1S/C12H26N2/c1-4-12(13-5-2)10-14(6-3)9-11-7-8-11/h11-13H,4-10H2,1-3H3. The topological polar surface area (TPSA) is 15.3 Å². The number of likely N-dealkylation sites (N-methyl/N-ethyl adjacent to an activating group) is 2. The van der Waals surface area contributed by atoms with Gasteiger partial charge in [-0.3, -0.25) is 0 Å².